The maximum Gasteiger partial charge on any atom is 0.222 e. The quantitative estimate of drug-likeness (QED) is 0.607. The Kier molecular flexibility index (Phi) is 5.94. The van der Waals surface area contributed by atoms with Gasteiger partial charge in [0.2, 0.25) is 5.91 Å². The number of hydrogen-bond acceptors (Lipinski definition) is 5. The summed E-state index contributed by atoms with van der Waals surface area (Å²) in [6.45, 7) is 1.79. The van der Waals surface area contributed by atoms with Gasteiger partial charge in [-0.2, -0.15) is 0 Å². The Morgan fingerprint density at radius 2 is 2.07 bits per heavy atom. The van der Waals surface area contributed by atoms with Crippen LogP contribution in [-0.2, 0) is 17.6 Å². The van der Waals surface area contributed by atoms with Crippen molar-refractivity contribution < 1.29 is 4.79 Å². The summed E-state index contributed by atoms with van der Waals surface area (Å²) in [6, 6.07) is 8.27. The number of pyridine rings is 1. The number of thiazole rings is 1. The monoisotopic (exact) mass is 397 g/mol. The molecule has 1 fully saturated rings. The molecular weight excluding hydrogens is 374 g/mol. The minimum atomic E-state index is 0.264. The summed E-state index contributed by atoms with van der Waals surface area (Å²) in [7, 11) is 0. The molecule has 4 heterocycles. The van der Waals surface area contributed by atoms with E-state index >= 15 is 0 Å². The van der Waals surface area contributed by atoms with Crippen molar-refractivity contribution >= 4 is 28.6 Å². The molecule has 0 N–H and O–H groups in total. The molecular formula is C21H23N3OS2. The highest BCUT2D eigenvalue weighted by atomic mass is 32.1. The minimum absolute atomic E-state index is 0.264. The second kappa shape index (κ2) is 8.76. The van der Waals surface area contributed by atoms with E-state index in [1.807, 2.05) is 34.6 Å². The molecule has 27 heavy (non-hydrogen) atoms. The number of thiophene rings is 1. The van der Waals surface area contributed by atoms with Crippen molar-refractivity contribution in [3.8, 4) is 10.6 Å². The third-order valence-electron chi connectivity index (χ3n) is 5.09. The molecule has 1 aliphatic heterocycles. The first-order chi connectivity index (χ1) is 13.3. The van der Waals surface area contributed by atoms with E-state index in [1.54, 1.807) is 17.5 Å². The van der Waals surface area contributed by atoms with Crippen LogP contribution in [-0.4, -0.2) is 33.9 Å². The Morgan fingerprint density at radius 3 is 2.81 bits per heavy atom. The molecule has 0 spiro atoms. The van der Waals surface area contributed by atoms with Crippen LogP contribution in [0.25, 0.3) is 10.6 Å². The highest BCUT2D eigenvalue weighted by Gasteiger charge is 2.23. The van der Waals surface area contributed by atoms with Gasteiger partial charge in [-0.15, -0.1) is 22.7 Å². The predicted octanol–water partition coefficient (Wildman–Crippen LogP) is 4.68. The molecule has 3 aromatic rings. The van der Waals surface area contributed by atoms with E-state index in [2.05, 4.69) is 32.9 Å². The van der Waals surface area contributed by atoms with E-state index in [4.69, 9.17) is 0 Å². The minimum Gasteiger partial charge on any atom is -0.343 e. The van der Waals surface area contributed by atoms with Gasteiger partial charge in [0.1, 0.15) is 5.01 Å². The molecule has 0 unspecified atom stereocenters. The van der Waals surface area contributed by atoms with Crippen LogP contribution in [0.3, 0.4) is 0 Å². The third-order valence-corrected chi connectivity index (χ3v) is 6.93. The number of aromatic nitrogens is 2. The smallest absolute Gasteiger partial charge is 0.222 e. The molecule has 6 heteroatoms. The normalized spacial score (nSPS) is 15.2. The standard InChI is InChI=1S/C21H23N3OS2/c25-20(24-10-7-16(8-11-24)13-19-4-2-12-26-19)6-5-18-15-27-21(23-18)17-3-1-9-22-14-17/h1-4,9,12,14-16H,5-8,10-11,13H2. The third kappa shape index (κ3) is 4.82. The van der Waals surface area contributed by atoms with Crippen molar-refractivity contribution in [2.45, 2.75) is 32.1 Å². The second-order valence-corrected chi connectivity index (χ2v) is 8.88. The van der Waals surface area contributed by atoms with Crippen molar-refractivity contribution in [2.24, 2.45) is 5.92 Å². The van der Waals surface area contributed by atoms with Crippen LogP contribution in [0, 0.1) is 5.92 Å². The maximum absolute atomic E-state index is 12.6. The zero-order chi connectivity index (χ0) is 18.5. The van der Waals surface area contributed by atoms with E-state index in [1.165, 1.54) is 4.88 Å². The summed E-state index contributed by atoms with van der Waals surface area (Å²) < 4.78 is 0. The van der Waals surface area contributed by atoms with Gasteiger partial charge in [-0.25, -0.2) is 4.98 Å². The maximum atomic E-state index is 12.6. The molecule has 0 aromatic carbocycles. The molecule has 0 bridgehead atoms. The lowest BCUT2D eigenvalue weighted by atomic mass is 9.92. The molecule has 4 rings (SSSR count). The summed E-state index contributed by atoms with van der Waals surface area (Å²) in [5.74, 6) is 0.980. The van der Waals surface area contributed by atoms with Crippen molar-refractivity contribution in [3.63, 3.8) is 0 Å². The van der Waals surface area contributed by atoms with Gasteiger partial charge in [0.05, 0.1) is 5.69 Å². The average Bonchev–Trinajstić information content (AvgIpc) is 3.39. The van der Waals surface area contributed by atoms with Crippen molar-refractivity contribution in [1.29, 1.82) is 0 Å². The summed E-state index contributed by atoms with van der Waals surface area (Å²) in [6.07, 6.45) is 8.25. The van der Waals surface area contributed by atoms with Gasteiger partial charge in [0.25, 0.3) is 0 Å². The Labute approximate surface area is 167 Å². The van der Waals surface area contributed by atoms with Gasteiger partial charge in [-0.3, -0.25) is 9.78 Å². The van der Waals surface area contributed by atoms with Gasteiger partial charge in [-0.1, -0.05) is 6.07 Å². The average molecular weight is 398 g/mol. The van der Waals surface area contributed by atoms with Crippen LogP contribution in [0.2, 0.25) is 0 Å². The first kappa shape index (κ1) is 18.3. The number of carbonyl (C=O) groups is 1. The zero-order valence-corrected chi connectivity index (χ0v) is 16.8. The van der Waals surface area contributed by atoms with Crippen LogP contribution in [0.15, 0.2) is 47.4 Å². The molecule has 0 saturated carbocycles. The number of nitrogens with zero attached hydrogens (tertiary/aromatic N) is 3. The van der Waals surface area contributed by atoms with Crippen LogP contribution >= 0.6 is 22.7 Å². The second-order valence-electron chi connectivity index (χ2n) is 6.99. The lowest BCUT2D eigenvalue weighted by Crippen LogP contribution is -2.39. The first-order valence-corrected chi connectivity index (χ1v) is 11.2. The fourth-order valence-corrected chi connectivity index (χ4v) is 5.20. The molecule has 0 aliphatic carbocycles. The Morgan fingerprint density at radius 1 is 1.19 bits per heavy atom. The van der Waals surface area contributed by atoms with E-state index in [-0.39, 0.29) is 5.91 Å². The van der Waals surface area contributed by atoms with Gasteiger partial charge in [0.15, 0.2) is 0 Å². The number of amides is 1. The Hall–Kier alpha value is -2.05. The number of rotatable bonds is 6. The number of likely N-dealkylation sites (tertiary alicyclic amines) is 1. The summed E-state index contributed by atoms with van der Waals surface area (Å²) >= 11 is 3.46. The van der Waals surface area contributed by atoms with Crippen LogP contribution in [0.4, 0.5) is 0 Å². The van der Waals surface area contributed by atoms with Gasteiger partial charge < -0.3 is 4.90 Å². The highest BCUT2D eigenvalue weighted by molar-refractivity contribution is 7.13. The Balaban J connectivity index is 1.24. The molecule has 3 aromatic heterocycles. The summed E-state index contributed by atoms with van der Waals surface area (Å²) in [5.41, 5.74) is 2.03. The van der Waals surface area contributed by atoms with Gasteiger partial charge >= 0.3 is 0 Å². The zero-order valence-electron chi connectivity index (χ0n) is 15.2. The largest absolute Gasteiger partial charge is 0.343 e. The molecule has 140 valence electrons. The van der Waals surface area contributed by atoms with Crippen molar-refractivity contribution in [1.82, 2.24) is 14.9 Å². The van der Waals surface area contributed by atoms with Crippen LogP contribution in [0.1, 0.15) is 29.8 Å². The van der Waals surface area contributed by atoms with E-state index in [0.717, 1.165) is 48.6 Å². The summed E-state index contributed by atoms with van der Waals surface area (Å²) in [4.78, 5) is 24.9. The van der Waals surface area contributed by atoms with Crippen molar-refractivity contribution in [3.05, 3.63) is 58.0 Å². The SMILES string of the molecule is O=C(CCc1csc(-c2cccnc2)n1)N1CCC(Cc2cccs2)CC1. The van der Waals surface area contributed by atoms with Crippen molar-refractivity contribution in [2.75, 3.05) is 13.1 Å². The molecule has 1 saturated heterocycles. The lowest BCUT2D eigenvalue weighted by molar-refractivity contribution is -0.132. The Bertz CT molecular complexity index is 853. The highest BCUT2D eigenvalue weighted by Crippen LogP contribution is 2.25. The lowest BCUT2D eigenvalue weighted by Gasteiger charge is -2.32. The van der Waals surface area contributed by atoms with E-state index in [9.17, 15) is 4.79 Å². The molecule has 4 nitrogen and oxygen atoms in total. The summed E-state index contributed by atoms with van der Waals surface area (Å²) in [5, 5.41) is 5.18. The predicted molar refractivity (Wildman–Crippen MR) is 111 cm³/mol. The molecule has 0 atom stereocenters. The van der Waals surface area contributed by atoms with Crippen LogP contribution < -0.4 is 0 Å². The van der Waals surface area contributed by atoms with Crippen LogP contribution in [0.5, 0.6) is 0 Å². The fraction of sp³-hybridized carbons (Fsp3) is 0.381. The van der Waals surface area contributed by atoms with Gasteiger partial charge in [0, 0.05) is 47.7 Å². The van der Waals surface area contributed by atoms with E-state index < -0.39 is 0 Å². The topological polar surface area (TPSA) is 46.1 Å². The number of aryl methyl sites for hydroxylation is 1. The molecule has 1 amide bonds. The number of piperidine rings is 1. The first-order valence-electron chi connectivity index (χ1n) is 9.43. The molecule has 0 radical (unpaired) electrons. The van der Waals surface area contributed by atoms with E-state index in [0.29, 0.717) is 18.8 Å². The molecule has 1 aliphatic rings. The van der Waals surface area contributed by atoms with Gasteiger partial charge in [-0.05, 0) is 55.2 Å². The fourth-order valence-electron chi connectivity index (χ4n) is 3.54. The number of hydrogen-bond donors (Lipinski definition) is 0. The number of carbonyl (C=O) groups excluding carboxylic acids is 1.